The van der Waals surface area contributed by atoms with Crippen LogP contribution >= 0.6 is 0 Å². The molecule has 124 valence electrons. The third kappa shape index (κ3) is 4.48. The van der Waals surface area contributed by atoms with E-state index in [4.69, 9.17) is 0 Å². The van der Waals surface area contributed by atoms with Gasteiger partial charge in [-0.15, -0.1) is 0 Å². The number of amides is 3. The molecule has 3 amide bonds. The van der Waals surface area contributed by atoms with E-state index < -0.39 is 17.6 Å². The van der Waals surface area contributed by atoms with Crippen LogP contribution in [0.5, 0.6) is 0 Å². The van der Waals surface area contributed by atoms with Crippen molar-refractivity contribution >= 4 is 23.4 Å². The summed E-state index contributed by atoms with van der Waals surface area (Å²) in [5, 5.41) is 5.15. The van der Waals surface area contributed by atoms with Crippen molar-refractivity contribution in [1.29, 1.82) is 0 Å². The number of nitrogens with zero attached hydrogens (tertiary/aromatic N) is 1. The van der Waals surface area contributed by atoms with E-state index in [2.05, 4.69) is 10.6 Å². The number of anilines is 1. The number of hydrogen-bond acceptors (Lipinski definition) is 3. The molecule has 0 spiro atoms. The molecule has 0 unspecified atom stereocenters. The van der Waals surface area contributed by atoms with E-state index in [1.54, 1.807) is 0 Å². The van der Waals surface area contributed by atoms with Gasteiger partial charge in [0.05, 0.1) is 5.92 Å². The van der Waals surface area contributed by atoms with Gasteiger partial charge in [-0.1, -0.05) is 0 Å². The third-order valence-electron chi connectivity index (χ3n) is 3.45. The second-order valence-corrected chi connectivity index (χ2v) is 5.31. The summed E-state index contributed by atoms with van der Waals surface area (Å²) >= 11 is 0. The predicted molar refractivity (Wildman–Crippen MR) is 78.5 cm³/mol. The Labute approximate surface area is 131 Å². The highest BCUT2D eigenvalue weighted by molar-refractivity contribution is 6.00. The molecule has 0 aliphatic carbocycles. The van der Waals surface area contributed by atoms with Crippen LogP contribution in [0.2, 0.25) is 0 Å². The zero-order chi connectivity index (χ0) is 17.0. The van der Waals surface area contributed by atoms with Crippen molar-refractivity contribution in [2.45, 2.75) is 13.3 Å². The molecule has 1 aliphatic rings. The van der Waals surface area contributed by atoms with Crippen molar-refractivity contribution < 1.29 is 23.2 Å². The van der Waals surface area contributed by atoms with E-state index in [1.807, 2.05) is 0 Å². The molecule has 2 N–H and O–H groups in total. The van der Waals surface area contributed by atoms with Crippen LogP contribution in [0.15, 0.2) is 18.2 Å². The van der Waals surface area contributed by atoms with E-state index >= 15 is 0 Å². The molecule has 1 atom stereocenters. The summed E-state index contributed by atoms with van der Waals surface area (Å²) in [6, 6.07) is 2.83. The zero-order valence-corrected chi connectivity index (χ0v) is 12.6. The van der Waals surface area contributed by atoms with E-state index in [0.717, 1.165) is 18.2 Å². The Morgan fingerprint density at radius 1 is 1.17 bits per heavy atom. The smallest absolute Gasteiger partial charge is 0.227 e. The minimum absolute atomic E-state index is 0.0237. The Kier molecular flexibility index (Phi) is 5.25. The van der Waals surface area contributed by atoms with Gasteiger partial charge in [-0.25, -0.2) is 8.78 Å². The van der Waals surface area contributed by atoms with E-state index in [1.165, 1.54) is 11.8 Å². The summed E-state index contributed by atoms with van der Waals surface area (Å²) < 4.78 is 26.5. The summed E-state index contributed by atoms with van der Waals surface area (Å²) in [6.07, 6.45) is -0.0237. The molecule has 1 aromatic carbocycles. The Bertz CT molecular complexity index is 616. The average Bonchev–Trinajstić information content (AvgIpc) is 2.84. The number of benzene rings is 1. The van der Waals surface area contributed by atoms with Gasteiger partial charge in [0.15, 0.2) is 0 Å². The Morgan fingerprint density at radius 2 is 1.78 bits per heavy atom. The van der Waals surface area contributed by atoms with Crippen molar-refractivity contribution in [2.75, 3.05) is 24.5 Å². The van der Waals surface area contributed by atoms with Crippen LogP contribution in [0.25, 0.3) is 0 Å². The van der Waals surface area contributed by atoms with Crippen LogP contribution in [-0.2, 0) is 14.4 Å². The van der Waals surface area contributed by atoms with Crippen LogP contribution in [-0.4, -0.2) is 37.4 Å². The molecular weight excluding hydrogens is 308 g/mol. The number of rotatable bonds is 5. The number of nitrogens with one attached hydrogen (secondary N) is 2. The number of halogens is 2. The maximum Gasteiger partial charge on any atom is 0.227 e. The first-order valence-corrected chi connectivity index (χ1v) is 7.15. The van der Waals surface area contributed by atoms with Crippen LogP contribution in [0.4, 0.5) is 14.5 Å². The van der Waals surface area contributed by atoms with E-state index in [9.17, 15) is 23.2 Å². The summed E-state index contributed by atoms with van der Waals surface area (Å²) in [5.41, 5.74) is 0.0982. The normalized spacial score (nSPS) is 17.3. The molecule has 1 fully saturated rings. The molecule has 1 aliphatic heterocycles. The molecule has 2 rings (SSSR count). The highest BCUT2D eigenvalue weighted by atomic mass is 19.1. The zero-order valence-electron chi connectivity index (χ0n) is 12.6. The number of hydrogen-bond donors (Lipinski definition) is 2. The van der Waals surface area contributed by atoms with Crippen molar-refractivity contribution in [3.63, 3.8) is 0 Å². The van der Waals surface area contributed by atoms with Crippen LogP contribution in [0.1, 0.15) is 13.3 Å². The monoisotopic (exact) mass is 325 g/mol. The summed E-state index contributed by atoms with van der Waals surface area (Å²) in [4.78, 5) is 35.9. The van der Waals surface area contributed by atoms with Gasteiger partial charge < -0.3 is 15.5 Å². The first-order chi connectivity index (χ1) is 10.9. The van der Waals surface area contributed by atoms with Gasteiger partial charge in [0.25, 0.3) is 0 Å². The minimum Gasteiger partial charge on any atom is -0.355 e. The Morgan fingerprint density at radius 3 is 2.39 bits per heavy atom. The SMILES string of the molecule is CC(=O)NCCNC(=O)[C@@H]1CC(=O)N(c2cc(F)cc(F)c2)C1. The molecule has 1 heterocycles. The minimum atomic E-state index is -0.781. The van der Waals surface area contributed by atoms with Crippen molar-refractivity contribution in [1.82, 2.24) is 10.6 Å². The average molecular weight is 325 g/mol. The van der Waals surface area contributed by atoms with Crippen molar-refractivity contribution in [2.24, 2.45) is 5.92 Å². The highest BCUT2D eigenvalue weighted by Gasteiger charge is 2.35. The molecule has 23 heavy (non-hydrogen) atoms. The molecule has 0 aromatic heterocycles. The second-order valence-electron chi connectivity index (χ2n) is 5.31. The number of carbonyl (C=O) groups excluding carboxylic acids is 3. The lowest BCUT2D eigenvalue weighted by molar-refractivity contribution is -0.126. The summed E-state index contributed by atoms with van der Waals surface area (Å²) in [6.45, 7) is 1.97. The van der Waals surface area contributed by atoms with Crippen LogP contribution < -0.4 is 15.5 Å². The lowest BCUT2D eigenvalue weighted by Gasteiger charge is -2.17. The summed E-state index contributed by atoms with van der Waals surface area (Å²) in [7, 11) is 0. The standard InChI is InChI=1S/C15H17F2N3O3/c1-9(21)18-2-3-19-15(23)10-4-14(22)20(8-10)13-6-11(16)5-12(17)7-13/h5-7,10H,2-4,8H2,1H3,(H,18,21)(H,19,23)/t10-/m1/s1. The third-order valence-corrected chi connectivity index (χ3v) is 3.45. The molecule has 0 saturated carbocycles. The molecule has 6 nitrogen and oxygen atoms in total. The fourth-order valence-corrected chi connectivity index (χ4v) is 2.40. The highest BCUT2D eigenvalue weighted by Crippen LogP contribution is 2.26. The Hall–Kier alpha value is -2.51. The van der Waals surface area contributed by atoms with Gasteiger partial charge in [-0.2, -0.15) is 0 Å². The van der Waals surface area contributed by atoms with Crippen molar-refractivity contribution in [3.05, 3.63) is 29.8 Å². The fraction of sp³-hybridized carbons (Fsp3) is 0.400. The topological polar surface area (TPSA) is 78.5 Å². The van der Waals surface area contributed by atoms with E-state index in [-0.39, 0.29) is 42.9 Å². The largest absolute Gasteiger partial charge is 0.355 e. The molecule has 0 bridgehead atoms. The lowest BCUT2D eigenvalue weighted by Crippen LogP contribution is -2.38. The van der Waals surface area contributed by atoms with Gasteiger partial charge >= 0.3 is 0 Å². The fourth-order valence-electron chi connectivity index (χ4n) is 2.40. The first-order valence-electron chi connectivity index (χ1n) is 7.15. The molecule has 0 radical (unpaired) electrons. The predicted octanol–water partition coefficient (Wildman–Crippen LogP) is 0.570. The quantitative estimate of drug-likeness (QED) is 0.777. The van der Waals surface area contributed by atoms with Crippen LogP contribution in [0.3, 0.4) is 0 Å². The van der Waals surface area contributed by atoms with Gasteiger partial charge in [0, 0.05) is 44.7 Å². The molecule has 1 aromatic rings. The van der Waals surface area contributed by atoms with Gasteiger partial charge in [0.2, 0.25) is 17.7 Å². The molecule has 8 heteroatoms. The molecule has 1 saturated heterocycles. The molecular formula is C15H17F2N3O3. The van der Waals surface area contributed by atoms with Crippen LogP contribution in [0, 0.1) is 17.6 Å². The van der Waals surface area contributed by atoms with E-state index in [0.29, 0.717) is 6.54 Å². The first kappa shape index (κ1) is 16.9. The second kappa shape index (κ2) is 7.17. The lowest BCUT2D eigenvalue weighted by atomic mass is 10.1. The van der Waals surface area contributed by atoms with Gasteiger partial charge in [0.1, 0.15) is 11.6 Å². The number of carbonyl (C=O) groups is 3. The maximum absolute atomic E-state index is 13.2. The van der Waals surface area contributed by atoms with Gasteiger partial charge in [-0.3, -0.25) is 14.4 Å². The van der Waals surface area contributed by atoms with Crippen molar-refractivity contribution in [3.8, 4) is 0 Å². The summed E-state index contributed by atoms with van der Waals surface area (Å²) in [5.74, 6) is -3.05. The van der Waals surface area contributed by atoms with Gasteiger partial charge in [-0.05, 0) is 12.1 Å². The maximum atomic E-state index is 13.2. The Balaban J connectivity index is 1.94.